The van der Waals surface area contributed by atoms with E-state index < -0.39 is 6.04 Å². The van der Waals surface area contributed by atoms with Gasteiger partial charge in [0.1, 0.15) is 5.75 Å². The minimum Gasteiger partial charge on any atom is -0.506 e. The highest BCUT2D eigenvalue weighted by atomic mass is 79.9. The van der Waals surface area contributed by atoms with Crippen molar-refractivity contribution in [2.45, 2.75) is 6.04 Å². The summed E-state index contributed by atoms with van der Waals surface area (Å²) in [4.78, 5) is 0. The summed E-state index contributed by atoms with van der Waals surface area (Å²) >= 11 is 12.3. The van der Waals surface area contributed by atoms with Crippen molar-refractivity contribution >= 4 is 43.5 Å². The number of hydrogen-bond donors (Lipinski definition) is 3. The molecule has 5 N–H and O–H groups in total. The van der Waals surface area contributed by atoms with Crippen LogP contribution in [0.1, 0.15) is 11.6 Å². The van der Waals surface area contributed by atoms with Crippen LogP contribution in [-0.4, -0.2) is 11.7 Å². The maximum absolute atomic E-state index is 9.72. The Morgan fingerprint density at radius 1 is 1.50 bits per heavy atom. The molecule has 1 atom stereocenters. The highest BCUT2D eigenvalue weighted by Crippen LogP contribution is 2.41. The van der Waals surface area contributed by atoms with Crippen LogP contribution < -0.4 is 11.5 Å². The summed E-state index contributed by atoms with van der Waals surface area (Å²) < 4.78 is 1.09. The molecule has 14 heavy (non-hydrogen) atoms. The molecule has 0 fully saturated rings. The second-order valence-corrected chi connectivity index (χ2v) is 4.79. The molecule has 6 heteroatoms. The summed E-state index contributed by atoms with van der Waals surface area (Å²) in [6, 6.07) is 1.26. The molecule has 0 unspecified atom stereocenters. The van der Waals surface area contributed by atoms with E-state index in [-0.39, 0.29) is 12.3 Å². The van der Waals surface area contributed by atoms with E-state index >= 15 is 0 Å². The van der Waals surface area contributed by atoms with Crippen LogP contribution in [0.2, 0.25) is 5.02 Å². The third-order valence-corrected chi connectivity index (χ3v) is 4.07. The predicted molar refractivity (Wildman–Crippen MR) is 64.5 cm³/mol. The Morgan fingerprint density at radius 2 is 2.07 bits per heavy atom. The highest BCUT2D eigenvalue weighted by Gasteiger charge is 2.16. The summed E-state index contributed by atoms with van der Waals surface area (Å²) in [6.07, 6.45) is 0. The summed E-state index contributed by atoms with van der Waals surface area (Å²) in [5.74, 6) is 0.0381. The van der Waals surface area contributed by atoms with Crippen molar-refractivity contribution in [3.05, 3.63) is 25.6 Å². The zero-order valence-electron chi connectivity index (χ0n) is 7.10. The normalized spacial score (nSPS) is 12.9. The molecule has 0 saturated carbocycles. The number of phenolic OH excluding ortho intramolecular Hbond substituents is 1. The van der Waals surface area contributed by atoms with Crippen molar-refractivity contribution in [3.8, 4) is 5.75 Å². The van der Waals surface area contributed by atoms with Gasteiger partial charge in [-0.15, -0.1) is 0 Å². The van der Waals surface area contributed by atoms with E-state index in [9.17, 15) is 5.11 Å². The fraction of sp³-hybridized carbons (Fsp3) is 0.250. The van der Waals surface area contributed by atoms with Crippen LogP contribution in [0, 0.1) is 0 Å². The van der Waals surface area contributed by atoms with Gasteiger partial charge in [0.15, 0.2) is 0 Å². The minimum atomic E-state index is -0.403. The SMILES string of the molecule is NC[C@@H](N)c1cc(Br)c(Cl)c(Br)c1O. The lowest BCUT2D eigenvalue weighted by Gasteiger charge is -2.14. The molecule has 0 radical (unpaired) electrons. The monoisotopic (exact) mass is 342 g/mol. The summed E-state index contributed by atoms with van der Waals surface area (Å²) in [5.41, 5.74) is 11.7. The molecule has 3 nitrogen and oxygen atoms in total. The average molecular weight is 344 g/mol. The Hall–Kier alpha value is 0.190. The Balaban J connectivity index is 3.33. The quantitative estimate of drug-likeness (QED) is 0.722. The van der Waals surface area contributed by atoms with Crippen LogP contribution in [0.4, 0.5) is 0 Å². The maximum atomic E-state index is 9.72. The van der Waals surface area contributed by atoms with E-state index in [0.717, 1.165) is 0 Å². The van der Waals surface area contributed by atoms with E-state index in [1.165, 1.54) is 0 Å². The highest BCUT2D eigenvalue weighted by molar-refractivity contribution is 9.11. The van der Waals surface area contributed by atoms with Gasteiger partial charge in [0.05, 0.1) is 9.50 Å². The molecule has 0 amide bonds. The molecular weight excluding hydrogens is 335 g/mol. The van der Waals surface area contributed by atoms with Crippen LogP contribution in [0.3, 0.4) is 0 Å². The van der Waals surface area contributed by atoms with Gasteiger partial charge in [-0.25, -0.2) is 0 Å². The van der Waals surface area contributed by atoms with Crippen molar-refractivity contribution in [2.75, 3.05) is 6.54 Å². The lowest BCUT2D eigenvalue weighted by atomic mass is 10.1. The molecule has 0 heterocycles. The third kappa shape index (κ3) is 2.23. The van der Waals surface area contributed by atoms with Gasteiger partial charge in [-0.2, -0.15) is 0 Å². The molecule has 78 valence electrons. The Morgan fingerprint density at radius 3 is 2.57 bits per heavy atom. The van der Waals surface area contributed by atoms with Gasteiger partial charge < -0.3 is 16.6 Å². The number of halogens is 3. The number of nitrogens with two attached hydrogens (primary N) is 2. The second-order valence-electron chi connectivity index (χ2n) is 2.77. The number of benzene rings is 1. The molecule has 0 bridgehead atoms. The number of aromatic hydroxyl groups is 1. The van der Waals surface area contributed by atoms with Gasteiger partial charge in [0.2, 0.25) is 0 Å². The topological polar surface area (TPSA) is 72.3 Å². The Bertz CT molecular complexity index is 360. The third-order valence-electron chi connectivity index (χ3n) is 1.82. The largest absolute Gasteiger partial charge is 0.506 e. The molecule has 0 aliphatic carbocycles. The molecule has 1 rings (SSSR count). The first kappa shape index (κ1) is 12.3. The van der Waals surface area contributed by atoms with E-state index in [1.54, 1.807) is 6.07 Å². The van der Waals surface area contributed by atoms with Crippen LogP contribution >= 0.6 is 43.5 Å². The predicted octanol–water partition coefficient (Wildman–Crippen LogP) is 2.53. The Kier molecular flexibility index (Phi) is 4.21. The van der Waals surface area contributed by atoms with Crippen molar-refractivity contribution in [1.82, 2.24) is 0 Å². The van der Waals surface area contributed by atoms with E-state index in [0.29, 0.717) is 19.5 Å². The molecule has 0 spiro atoms. The van der Waals surface area contributed by atoms with E-state index in [4.69, 9.17) is 23.1 Å². The summed E-state index contributed by atoms with van der Waals surface area (Å²) in [5, 5.41) is 10.1. The first-order valence-electron chi connectivity index (χ1n) is 3.81. The van der Waals surface area contributed by atoms with Gasteiger partial charge in [0, 0.05) is 22.6 Å². The molecule has 0 saturated heterocycles. The fourth-order valence-corrected chi connectivity index (χ4v) is 2.31. The van der Waals surface area contributed by atoms with Crippen LogP contribution in [0.15, 0.2) is 15.0 Å². The molecule has 1 aromatic carbocycles. The van der Waals surface area contributed by atoms with Gasteiger partial charge in [-0.05, 0) is 37.9 Å². The first-order chi connectivity index (χ1) is 6.49. The summed E-state index contributed by atoms with van der Waals surface area (Å²) in [6.45, 7) is 0.258. The van der Waals surface area contributed by atoms with Crippen molar-refractivity contribution in [1.29, 1.82) is 0 Å². The van der Waals surface area contributed by atoms with Crippen molar-refractivity contribution in [2.24, 2.45) is 11.5 Å². The van der Waals surface area contributed by atoms with Gasteiger partial charge in [0.25, 0.3) is 0 Å². The zero-order chi connectivity index (χ0) is 10.9. The van der Waals surface area contributed by atoms with E-state index in [2.05, 4.69) is 31.9 Å². The minimum absolute atomic E-state index is 0.0381. The van der Waals surface area contributed by atoms with Gasteiger partial charge in [-0.3, -0.25) is 0 Å². The van der Waals surface area contributed by atoms with Crippen molar-refractivity contribution in [3.63, 3.8) is 0 Å². The lowest BCUT2D eigenvalue weighted by Crippen LogP contribution is -2.20. The average Bonchev–Trinajstić information content (AvgIpc) is 2.19. The fourth-order valence-electron chi connectivity index (χ4n) is 1.01. The molecular formula is C8H9Br2ClN2O. The van der Waals surface area contributed by atoms with Crippen LogP contribution in [0.25, 0.3) is 0 Å². The van der Waals surface area contributed by atoms with Gasteiger partial charge in [-0.1, -0.05) is 11.6 Å². The number of rotatable bonds is 2. The molecule has 0 aliphatic rings. The van der Waals surface area contributed by atoms with Crippen LogP contribution in [-0.2, 0) is 0 Å². The van der Waals surface area contributed by atoms with Gasteiger partial charge >= 0.3 is 0 Å². The maximum Gasteiger partial charge on any atom is 0.136 e. The Labute approximate surface area is 104 Å². The molecule has 0 aliphatic heterocycles. The smallest absolute Gasteiger partial charge is 0.136 e. The first-order valence-corrected chi connectivity index (χ1v) is 5.77. The summed E-state index contributed by atoms with van der Waals surface area (Å²) in [7, 11) is 0. The number of hydrogen-bond acceptors (Lipinski definition) is 3. The lowest BCUT2D eigenvalue weighted by molar-refractivity contribution is 0.458. The van der Waals surface area contributed by atoms with Crippen molar-refractivity contribution < 1.29 is 5.11 Å². The zero-order valence-corrected chi connectivity index (χ0v) is 11.0. The standard InChI is InChI=1S/C8H9Br2ClN2O/c9-4-1-3(5(13)2-12)8(14)6(10)7(4)11/h1,5,14H,2,12-13H2/t5-/m1/s1. The van der Waals surface area contributed by atoms with E-state index in [1.807, 2.05) is 0 Å². The number of phenols is 1. The molecule has 0 aromatic heterocycles. The molecule has 1 aromatic rings. The van der Waals surface area contributed by atoms with Crippen LogP contribution in [0.5, 0.6) is 5.75 Å². The second kappa shape index (κ2) is 4.81.